The summed E-state index contributed by atoms with van der Waals surface area (Å²) in [5.74, 6) is 1.30. The molecule has 0 amide bonds. The largest absolute Gasteiger partial charge is 0.457 e. The van der Waals surface area contributed by atoms with Crippen LogP contribution < -0.4 is 9.30 Å². The van der Waals surface area contributed by atoms with Crippen molar-refractivity contribution in [1.29, 1.82) is 0 Å². The molecule has 77 heavy (non-hydrogen) atoms. The lowest BCUT2D eigenvalue weighted by Crippen LogP contribution is -2.34. The molecule has 5 nitrogen and oxygen atoms in total. The molecule has 0 saturated carbocycles. The molecule has 3 heterocycles. The van der Waals surface area contributed by atoms with E-state index in [9.17, 15) is 11.0 Å². The molecule has 1 aliphatic carbocycles. The van der Waals surface area contributed by atoms with Crippen LogP contribution in [0.2, 0.25) is 0 Å². The lowest BCUT2D eigenvalue weighted by molar-refractivity contribution is -0.566. The van der Waals surface area contributed by atoms with Crippen LogP contribution in [0.15, 0.2) is 231 Å². The van der Waals surface area contributed by atoms with Gasteiger partial charge in [0.25, 0.3) is 6.33 Å². The van der Waals surface area contributed by atoms with Gasteiger partial charge in [-0.3, -0.25) is 4.57 Å². The van der Waals surface area contributed by atoms with Gasteiger partial charge in [-0.2, -0.15) is 9.13 Å². The number of fused-ring (bicyclic) bond motifs is 5. The SMILES string of the molecule is [2H]c1c([2H])c([2H])c(-c2c([2H])c(-c3ccccc3)c([2H])c(-c3cccc(-c4c([2H])c([2H])c5c(c4[2H])C(C)(C)CCC5(C)C)c3-[n+]3cn(-c4cccc(Oc5ccc6c7ccccc7n(-c7cc(C([2H])([2H])C(C)C)ccn7)c6c5)c4)c4ccccc43)c2[2H])c([2H])c1[2H]. The Morgan fingerprint density at radius 1 is 0.571 bits per heavy atom. The van der Waals surface area contributed by atoms with Crippen LogP contribution in [-0.4, -0.2) is 14.1 Å². The minimum atomic E-state index is -1.60. The predicted octanol–water partition coefficient (Wildman–Crippen LogP) is 18.4. The molecule has 5 heteroatoms. The van der Waals surface area contributed by atoms with Crippen molar-refractivity contribution in [2.24, 2.45) is 5.92 Å². The van der Waals surface area contributed by atoms with E-state index in [4.69, 9.17) is 16.6 Å². The molecule has 0 fully saturated rings. The first kappa shape index (κ1) is 35.5. The third-order valence-electron chi connectivity index (χ3n) is 15.0. The third-order valence-corrected chi connectivity index (χ3v) is 15.0. The van der Waals surface area contributed by atoms with E-state index in [0.29, 0.717) is 67.5 Å². The van der Waals surface area contributed by atoms with Crippen LogP contribution in [0.25, 0.3) is 94.5 Å². The number of para-hydroxylation sites is 4. The first-order valence-electron chi connectivity index (χ1n) is 32.7. The smallest absolute Gasteiger partial charge is 0.255 e. The highest BCUT2D eigenvalue weighted by molar-refractivity contribution is 6.09. The molecule has 0 N–H and O–H groups in total. The normalized spacial score (nSPS) is 16.4. The van der Waals surface area contributed by atoms with Crippen molar-refractivity contribution in [1.82, 2.24) is 14.1 Å². The number of pyridine rings is 1. The Labute approximate surface area is 470 Å². The highest BCUT2D eigenvalue weighted by Gasteiger charge is 2.37. The van der Waals surface area contributed by atoms with E-state index < -0.39 is 53.5 Å². The molecule has 0 atom stereocenters. The van der Waals surface area contributed by atoms with Gasteiger partial charge in [0, 0.05) is 43.0 Å². The number of benzene rings is 9. The van der Waals surface area contributed by atoms with Crippen molar-refractivity contribution in [2.45, 2.75) is 71.6 Å². The number of aromatic nitrogens is 4. The Balaban J connectivity index is 1.05. The molecule has 0 unspecified atom stereocenters. The number of nitrogens with zero attached hydrogens (tertiary/aromatic N) is 4. The van der Waals surface area contributed by atoms with Crippen LogP contribution >= 0.6 is 0 Å². The fourth-order valence-electron chi connectivity index (χ4n) is 11.0. The van der Waals surface area contributed by atoms with Gasteiger partial charge >= 0.3 is 0 Å². The third kappa shape index (κ3) is 8.80. The van der Waals surface area contributed by atoms with E-state index in [0.717, 1.165) is 34.6 Å². The average Bonchev–Trinajstić information content (AvgIpc) is 0.849. The maximum atomic E-state index is 10.3. The van der Waals surface area contributed by atoms with Gasteiger partial charge in [0.05, 0.1) is 26.1 Å². The average molecular weight is 1010 g/mol. The lowest BCUT2D eigenvalue weighted by Gasteiger charge is -2.42. The summed E-state index contributed by atoms with van der Waals surface area (Å²) in [4.78, 5) is 4.77. The zero-order valence-electron chi connectivity index (χ0n) is 56.8. The Morgan fingerprint density at radius 2 is 1.25 bits per heavy atom. The van der Waals surface area contributed by atoms with Crippen LogP contribution in [0.4, 0.5) is 0 Å². The van der Waals surface area contributed by atoms with E-state index >= 15 is 0 Å². The molecule has 3 aromatic heterocycles. The first-order chi connectivity index (χ1) is 42.8. The number of hydrogen-bond donors (Lipinski definition) is 0. The Bertz CT molecular complexity index is 4940. The molecule has 12 aromatic rings. The lowest BCUT2D eigenvalue weighted by atomic mass is 9.63. The maximum Gasteiger partial charge on any atom is 0.255 e. The number of rotatable bonds is 11. The van der Waals surface area contributed by atoms with Gasteiger partial charge < -0.3 is 4.74 Å². The van der Waals surface area contributed by atoms with Crippen molar-refractivity contribution in [3.8, 4) is 73.2 Å². The van der Waals surface area contributed by atoms with E-state index in [1.165, 1.54) is 0 Å². The van der Waals surface area contributed by atoms with Crippen molar-refractivity contribution in [2.75, 3.05) is 0 Å². The molecule has 13 rings (SSSR count). The molecule has 0 bridgehead atoms. The van der Waals surface area contributed by atoms with E-state index in [-0.39, 0.29) is 69.5 Å². The highest BCUT2D eigenvalue weighted by atomic mass is 16.5. The van der Waals surface area contributed by atoms with E-state index in [1.807, 2.05) is 125 Å². The summed E-state index contributed by atoms with van der Waals surface area (Å²) in [7, 11) is 0. The molecule has 0 aliphatic heterocycles. The second-order valence-electron chi connectivity index (χ2n) is 21.5. The van der Waals surface area contributed by atoms with Gasteiger partial charge in [-0.25, -0.2) is 4.98 Å². The Kier molecular flexibility index (Phi) is 8.79. The van der Waals surface area contributed by atoms with E-state index in [2.05, 4.69) is 33.8 Å². The van der Waals surface area contributed by atoms with Gasteiger partial charge in [-0.05, 0) is 159 Å². The highest BCUT2D eigenvalue weighted by Crippen LogP contribution is 2.48. The summed E-state index contributed by atoms with van der Waals surface area (Å²) in [6.07, 6.45) is 3.38. The van der Waals surface area contributed by atoms with Gasteiger partial charge in [-0.15, -0.1) is 0 Å². The molecule has 0 radical (unpaired) electrons. The fraction of sp³-hybridized carbons (Fsp3) is 0.167. The van der Waals surface area contributed by atoms with Crippen molar-refractivity contribution in [3.05, 3.63) is 247 Å². The summed E-state index contributed by atoms with van der Waals surface area (Å²) >= 11 is 0. The summed E-state index contributed by atoms with van der Waals surface area (Å²) in [5, 5.41) is 1.95. The summed E-state index contributed by atoms with van der Waals surface area (Å²) < 4.78 is 135. The summed E-state index contributed by atoms with van der Waals surface area (Å²) in [6.45, 7) is 12.0. The van der Waals surface area contributed by atoms with Crippen LogP contribution in [0.3, 0.4) is 0 Å². The van der Waals surface area contributed by atoms with Crippen LogP contribution in [-0.2, 0) is 17.2 Å². The van der Waals surface area contributed by atoms with Crippen LogP contribution in [0, 0.1) is 5.92 Å². The number of imidazole rings is 1. The van der Waals surface area contributed by atoms with Crippen LogP contribution in [0.1, 0.15) is 88.9 Å². The second-order valence-corrected chi connectivity index (χ2v) is 21.5. The van der Waals surface area contributed by atoms with Crippen molar-refractivity contribution < 1.29 is 27.1 Å². The Morgan fingerprint density at radius 3 is 2.05 bits per heavy atom. The summed E-state index contributed by atoms with van der Waals surface area (Å²) in [5.41, 5.74) is 5.34. The van der Waals surface area contributed by atoms with Gasteiger partial charge in [0.15, 0.2) is 11.0 Å². The topological polar surface area (TPSA) is 35.9 Å². The molecular weight excluding hydrogens is 937 g/mol. The zero-order chi connectivity index (χ0) is 63.8. The Hall–Kier alpha value is -8.80. The monoisotopic (exact) mass is 1010 g/mol. The van der Waals surface area contributed by atoms with Crippen molar-refractivity contribution >= 4 is 32.8 Å². The first-order valence-corrected chi connectivity index (χ1v) is 26.2. The van der Waals surface area contributed by atoms with Gasteiger partial charge in [0.1, 0.15) is 28.7 Å². The molecule has 0 saturated heterocycles. The maximum absolute atomic E-state index is 10.3. The molecule has 9 aromatic carbocycles. The number of hydrogen-bond acceptors (Lipinski definition) is 2. The molecule has 0 spiro atoms. The minimum absolute atomic E-state index is 0.00241. The van der Waals surface area contributed by atoms with E-state index in [1.54, 1.807) is 60.8 Å². The summed E-state index contributed by atoms with van der Waals surface area (Å²) in [6, 6.07) is 42.4. The van der Waals surface area contributed by atoms with Crippen molar-refractivity contribution in [3.63, 3.8) is 0 Å². The number of ether oxygens (including phenoxy) is 1. The predicted molar refractivity (Wildman–Crippen MR) is 319 cm³/mol. The standard InChI is InChI=1S/C72H63N4O/c1-48(2)39-49-35-38-73-69(40-49)76-65-28-14-13-25-61(65)62-33-32-58(46-68(62)76)77-57-24-17-23-56(45-57)74-47-75(67-30-16-15-29-66(67)74)70-59(52-31-34-63-64(44-52)72(5,6)37-36-71(63,3)4)26-18-27-60(70)55-42-53(50-19-9-7-10-20-50)41-54(43-55)51-21-11-8-12-22-51/h7-35,38,40-48H,36-37,39H2,1-6H3/q+1/i7D,9D,10D,19D,20D,31D,34D,39D2,41D,42D,43D,44D. The second kappa shape index (κ2) is 19.1. The zero-order valence-corrected chi connectivity index (χ0v) is 43.8. The van der Waals surface area contributed by atoms with Crippen LogP contribution in [0.5, 0.6) is 11.5 Å². The van der Waals surface area contributed by atoms with Gasteiger partial charge in [-0.1, -0.05) is 175 Å². The van der Waals surface area contributed by atoms with Gasteiger partial charge in [0.2, 0.25) is 0 Å². The molecule has 376 valence electrons. The minimum Gasteiger partial charge on any atom is -0.457 e. The quantitative estimate of drug-likeness (QED) is 0.121. The fourth-order valence-corrected chi connectivity index (χ4v) is 11.0. The molecule has 1 aliphatic rings. The molecular formula is C72H63N4O+.